The number of benzene rings is 2. The number of rotatable bonds is 7. The smallest absolute Gasteiger partial charge is 0.251 e. The van der Waals surface area contributed by atoms with Gasteiger partial charge in [-0.25, -0.2) is 9.97 Å². The summed E-state index contributed by atoms with van der Waals surface area (Å²) < 4.78 is 0. The fourth-order valence-electron chi connectivity index (χ4n) is 2.53. The second-order valence-electron chi connectivity index (χ2n) is 5.89. The van der Waals surface area contributed by atoms with E-state index in [1.165, 1.54) is 6.33 Å². The van der Waals surface area contributed by atoms with Crippen LogP contribution >= 0.6 is 0 Å². The summed E-state index contributed by atoms with van der Waals surface area (Å²) in [4.78, 5) is 20.7. The first-order valence-corrected chi connectivity index (χ1v) is 8.49. The van der Waals surface area contributed by atoms with Crippen molar-refractivity contribution in [1.29, 1.82) is 0 Å². The van der Waals surface area contributed by atoms with Gasteiger partial charge in [0.25, 0.3) is 5.91 Å². The Morgan fingerprint density at radius 3 is 2.67 bits per heavy atom. The molecule has 6 heteroatoms. The summed E-state index contributed by atoms with van der Waals surface area (Å²) in [5.74, 6) is 0.714. The van der Waals surface area contributed by atoms with E-state index in [1.54, 1.807) is 36.4 Å². The molecule has 0 atom stereocenters. The van der Waals surface area contributed by atoms with Crippen LogP contribution in [0.4, 0.5) is 5.82 Å². The zero-order valence-electron chi connectivity index (χ0n) is 14.7. The van der Waals surface area contributed by atoms with Crippen LogP contribution in [-0.4, -0.2) is 27.5 Å². The number of nitrogens with zero attached hydrogens (tertiary/aromatic N) is 2. The number of phenolic OH excluding ortho intramolecular Hbond substituents is 1. The molecule has 1 amide bonds. The maximum absolute atomic E-state index is 12.3. The Labute approximate surface area is 157 Å². The first-order chi connectivity index (χ1) is 13.2. The van der Waals surface area contributed by atoms with Crippen LogP contribution in [0.15, 0.2) is 73.6 Å². The lowest BCUT2D eigenvalue weighted by atomic mass is 10.1. The van der Waals surface area contributed by atoms with Gasteiger partial charge in [-0.2, -0.15) is 0 Å². The molecule has 2 aromatic carbocycles. The van der Waals surface area contributed by atoms with Crippen molar-refractivity contribution < 1.29 is 9.90 Å². The summed E-state index contributed by atoms with van der Waals surface area (Å²) in [6, 6.07) is 15.9. The molecule has 1 heterocycles. The maximum atomic E-state index is 12.3. The molecule has 0 spiro atoms. The van der Waals surface area contributed by atoms with Crippen molar-refractivity contribution >= 4 is 11.7 Å². The van der Waals surface area contributed by atoms with Crippen LogP contribution < -0.4 is 10.6 Å². The summed E-state index contributed by atoms with van der Waals surface area (Å²) in [5.41, 5.74) is 3.05. The van der Waals surface area contributed by atoms with Gasteiger partial charge >= 0.3 is 0 Å². The van der Waals surface area contributed by atoms with E-state index >= 15 is 0 Å². The SMILES string of the molecule is C=CCNc1cc(-c2ccc(C(=O)NCc3cccc(O)c3)cc2)ncn1. The number of hydrogen-bond acceptors (Lipinski definition) is 5. The number of anilines is 1. The third-order valence-corrected chi connectivity index (χ3v) is 3.90. The number of aromatic hydroxyl groups is 1. The van der Waals surface area contributed by atoms with Gasteiger partial charge in [-0.3, -0.25) is 4.79 Å². The molecule has 6 nitrogen and oxygen atoms in total. The minimum absolute atomic E-state index is 0.179. The van der Waals surface area contributed by atoms with Gasteiger partial charge in [-0.1, -0.05) is 30.3 Å². The highest BCUT2D eigenvalue weighted by atomic mass is 16.3. The number of phenols is 1. The van der Waals surface area contributed by atoms with Crippen LogP contribution in [0.5, 0.6) is 5.75 Å². The zero-order chi connectivity index (χ0) is 19.1. The Morgan fingerprint density at radius 2 is 1.93 bits per heavy atom. The molecule has 0 aliphatic carbocycles. The minimum atomic E-state index is -0.180. The Morgan fingerprint density at radius 1 is 1.11 bits per heavy atom. The van der Waals surface area contributed by atoms with Crippen LogP contribution in [0.2, 0.25) is 0 Å². The van der Waals surface area contributed by atoms with Crippen LogP contribution in [0, 0.1) is 0 Å². The summed E-state index contributed by atoms with van der Waals surface area (Å²) in [5, 5.41) is 15.4. The van der Waals surface area contributed by atoms with Crippen molar-refractivity contribution in [3.05, 3.63) is 84.7 Å². The van der Waals surface area contributed by atoms with E-state index in [0.29, 0.717) is 24.5 Å². The molecule has 27 heavy (non-hydrogen) atoms. The highest BCUT2D eigenvalue weighted by Gasteiger charge is 2.07. The van der Waals surface area contributed by atoms with E-state index in [2.05, 4.69) is 27.2 Å². The van der Waals surface area contributed by atoms with Crippen molar-refractivity contribution in [2.45, 2.75) is 6.54 Å². The summed E-state index contributed by atoms with van der Waals surface area (Å²) in [6.45, 7) is 4.63. The highest BCUT2D eigenvalue weighted by Crippen LogP contribution is 2.19. The molecule has 3 rings (SSSR count). The van der Waals surface area contributed by atoms with Crippen LogP contribution in [0.1, 0.15) is 15.9 Å². The molecule has 0 bridgehead atoms. The topological polar surface area (TPSA) is 87.1 Å². The molecule has 3 aromatic rings. The molecule has 136 valence electrons. The van der Waals surface area contributed by atoms with Crippen molar-refractivity contribution in [2.24, 2.45) is 0 Å². The van der Waals surface area contributed by atoms with Crippen LogP contribution in [0.25, 0.3) is 11.3 Å². The number of hydrogen-bond donors (Lipinski definition) is 3. The van der Waals surface area contributed by atoms with Gasteiger partial charge in [-0.05, 0) is 29.8 Å². The second kappa shape index (κ2) is 8.62. The fraction of sp³-hybridized carbons (Fsp3) is 0.0952. The quantitative estimate of drug-likeness (QED) is 0.562. The largest absolute Gasteiger partial charge is 0.508 e. The molecule has 0 saturated heterocycles. The molecule has 0 radical (unpaired) electrons. The lowest BCUT2D eigenvalue weighted by Gasteiger charge is -2.08. The van der Waals surface area contributed by atoms with Crippen molar-refractivity contribution in [1.82, 2.24) is 15.3 Å². The normalized spacial score (nSPS) is 10.2. The Kier molecular flexibility index (Phi) is 5.79. The third-order valence-electron chi connectivity index (χ3n) is 3.90. The predicted molar refractivity (Wildman–Crippen MR) is 105 cm³/mol. The molecule has 1 aromatic heterocycles. The van der Waals surface area contributed by atoms with E-state index in [-0.39, 0.29) is 11.7 Å². The maximum Gasteiger partial charge on any atom is 0.251 e. The van der Waals surface area contributed by atoms with Gasteiger partial charge in [0.2, 0.25) is 0 Å². The van der Waals surface area contributed by atoms with Gasteiger partial charge in [0, 0.05) is 30.3 Å². The van der Waals surface area contributed by atoms with Gasteiger partial charge in [0.05, 0.1) is 5.69 Å². The molecular formula is C21H20N4O2. The molecule has 0 unspecified atom stereocenters. The predicted octanol–water partition coefficient (Wildman–Crippen LogP) is 3.38. The number of carbonyl (C=O) groups is 1. The van der Waals surface area contributed by atoms with Crippen molar-refractivity contribution in [3.8, 4) is 17.0 Å². The molecule has 0 fully saturated rings. The van der Waals surface area contributed by atoms with E-state index in [0.717, 1.165) is 16.8 Å². The lowest BCUT2D eigenvalue weighted by molar-refractivity contribution is 0.0951. The summed E-state index contributed by atoms with van der Waals surface area (Å²) >= 11 is 0. The van der Waals surface area contributed by atoms with Gasteiger partial charge in [-0.15, -0.1) is 6.58 Å². The Balaban J connectivity index is 1.66. The minimum Gasteiger partial charge on any atom is -0.508 e. The Bertz CT molecular complexity index is 939. The first-order valence-electron chi connectivity index (χ1n) is 8.49. The number of nitrogens with one attached hydrogen (secondary N) is 2. The van der Waals surface area contributed by atoms with Crippen molar-refractivity contribution in [3.63, 3.8) is 0 Å². The van der Waals surface area contributed by atoms with E-state index in [4.69, 9.17) is 0 Å². The Hall–Kier alpha value is -3.67. The number of carbonyl (C=O) groups excluding carboxylic acids is 1. The van der Waals surface area contributed by atoms with Gasteiger partial charge in [0.15, 0.2) is 0 Å². The number of aromatic nitrogens is 2. The van der Waals surface area contributed by atoms with Gasteiger partial charge < -0.3 is 15.7 Å². The van der Waals surface area contributed by atoms with Crippen LogP contribution in [0.3, 0.4) is 0 Å². The molecule has 0 aliphatic heterocycles. The van der Waals surface area contributed by atoms with Crippen molar-refractivity contribution in [2.75, 3.05) is 11.9 Å². The monoisotopic (exact) mass is 360 g/mol. The fourth-order valence-corrected chi connectivity index (χ4v) is 2.53. The lowest BCUT2D eigenvalue weighted by Crippen LogP contribution is -2.22. The zero-order valence-corrected chi connectivity index (χ0v) is 14.7. The standard InChI is InChI=1S/C21H20N4O2/c1-2-10-22-20-12-19(24-14-25-20)16-6-8-17(9-7-16)21(27)23-13-15-4-3-5-18(26)11-15/h2-9,11-12,14,26H,1,10,13H2,(H,23,27)(H,22,24,25). The molecule has 0 saturated carbocycles. The highest BCUT2D eigenvalue weighted by molar-refractivity contribution is 5.94. The number of amides is 1. The van der Waals surface area contributed by atoms with E-state index in [1.807, 2.05) is 24.3 Å². The van der Waals surface area contributed by atoms with E-state index in [9.17, 15) is 9.90 Å². The summed E-state index contributed by atoms with van der Waals surface area (Å²) in [7, 11) is 0. The van der Waals surface area contributed by atoms with Gasteiger partial charge in [0.1, 0.15) is 17.9 Å². The third kappa shape index (κ3) is 4.92. The molecular weight excluding hydrogens is 340 g/mol. The average Bonchev–Trinajstić information content (AvgIpc) is 2.71. The first kappa shape index (κ1) is 18.1. The average molecular weight is 360 g/mol. The summed E-state index contributed by atoms with van der Waals surface area (Å²) in [6.07, 6.45) is 3.25. The van der Waals surface area contributed by atoms with Crippen LogP contribution in [-0.2, 0) is 6.54 Å². The van der Waals surface area contributed by atoms with E-state index < -0.39 is 0 Å². The molecule has 3 N–H and O–H groups in total. The second-order valence-corrected chi connectivity index (χ2v) is 5.89. The molecule has 0 aliphatic rings.